The van der Waals surface area contributed by atoms with E-state index in [1.54, 1.807) is 0 Å². The second kappa shape index (κ2) is 6.57. The number of anilines is 1. The average molecular weight is 374 g/mol. The molecule has 0 radical (unpaired) electrons. The molecule has 1 amide bonds. The largest absolute Gasteiger partial charge is 0.298 e. The van der Waals surface area contributed by atoms with Crippen molar-refractivity contribution < 1.29 is 13.2 Å². The van der Waals surface area contributed by atoms with Gasteiger partial charge >= 0.3 is 0 Å². The molecule has 1 heterocycles. The Hall–Kier alpha value is -2.25. The molecular weight excluding hydrogens is 356 g/mol. The van der Waals surface area contributed by atoms with E-state index in [-0.39, 0.29) is 10.8 Å². The van der Waals surface area contributed by atoms with Crippen LogP contribution in [0.4, 0.5) is 5.13 Å². The minimum atomic E-state index is -3.27. The normalized spacial score (nSPS) is 11.8. The zero-order valence-electron chi connectivity index (χ0n) is 14.1. The van der Waals surface area contributed by atoms with Crippen molar-refractivity contribution in [3.05, 3.63) is 53.6 Å². The van der Waals surface area contributed by atoms with Crippen LogP contribution in [0.3, 0.4) is 0 Å². The molecule has 0 fully saturated rings. The SMILES string of the molecule is CC(C)c1ccc2nc(NC(=O)c3ccc(S(C)(=O)=O)cc3)sc2c1. The number of amides is 1. The van der Waals surface area contributed by atoms with Crippen LogP contribution in [0.15, 0.2) is 47.4 Å². The van der Waals surface area contributed by atoms with Crippen LogP contribution in [0.25, 0.3) is 10.2 Å². The third-order valence-electron chi connectivity index (χ3n) is 3.84. The maximum Gasteiger partial charge on any atom is 0.257 e. The number of carbonyl (C=O) groups is 1. The van der Waals surface area contributed by atoms with Crippen LogP contribution < -0.4 is 5.32 Å². The van der Waals surface area contributed by atoms with E-state index in [0.29, 0.717) is 16.6 Å². The van der Waals surface area contributed by atoms with E-state index in [1.165, 1.54) is 41.2 Å². The summed E-state index contributed by atoms with van der Waals surface area (Å²) >= 11 is 1.42. The second-order valence-corrected chi connectivity index (χ2v) is 9.20. The van der Waals surface area contributed by atoms with Gasteiger partial charge in [0.2, 0.25) is 0 Å². The number of thiazole rings is 1. The molecule has 0 saturated heterocycles. The van der Waals surface area contributed by atoms with Gasteiger partial charge in [0, 0.05) is 11.8 Å². The summed E-state index contributed by atoms with van der Waals surface area (Å²) in [5, 5.41) is 3.29. The molecule has 0 aliphatic carbocycles. The molecule has 2 aromatic carbocycles. The van der Waals surface area contributed by atoms with Crippen molar-refractivity contribution in [2.45, 2.75) is 24.7 Å². The van der Waals surface area contributed by atoms with Crippen LogP contribution >= 0.6 is 11.3 Å². The molecule has 130 valence electrons. The number of fused-ring (bicyclic) bond motifs is 1. The number of nitrogens with zero attached hydrogens (tertiary/aromatic N) is 1. The van der Waals surface area contributed by atoms with Crippen molar-refractivity contribution in [2.75, 3.05) is 11.6 Å². The van der Waals surface area contributed by atoms with Gasteiger partial charge in [0.15, 0.2) is 15.0 Å². The molecule has 1 N–H and O–H groups in total. The lowest BCUT2D eigenvalue weighted by molar-refractivity contribution is 0.102. The maximum absolute atomic E-state index is 12.3. The van der Waals surface area contributed by atoms with Crippen LogP contribution in [-0.2, 0) is 9.84 Å². The summed E-state index contributed by atoms with van der Waals surface area (Å²) in [6, 6.07) is 11.9. The van der Waals surface area contributed by atoms with E-state index in [1.807, 2.05) is 12.1 Å². The number of sulfone groups is 1. The van der Waals surface area contributed by atoms with Crippen molar-refractivity contribution in [1.29, 1.82) is 0 Å². The number of benzene rings is 2. The molecule has 7 heteroatoms. The fourth-order valence-electron chi connectivity index (χ4n) is 2.38. The van der Waals surface area contributed by atoms with Crippen LogP contribution in [0.2, 0.25) is 0 Å². The zero-order chi connectivity index (χ0) is 18.2. The smallest absolute Gasteiger partial charge is 0.257 e. The van der Waals surface area contributed by atoms with E-state index in [0.717, 1.165) is 16.5 Å². The third-order valence-corrected chi connectivity index (χ3v) is 5.91. The minimum Gasteiger partial charge on any atom is -0.298 e. The highest BCUT2D eigenvalue weighted by molar-refractivity contribution is 7.90. The molecule has 3 rings (SSSR count). The molecule has 0 aliphatic heterocycles. The molecule has 1 aromatic heterocycles. The van der Waals surface area contributed by atoms with Gasteiger partial charge in [0.05, 0.1) is 15.1 Å². The van der Waals surface area contributed by atoms with Crippen molar-refractivity contribution >= 4 is 42.4 Å². The summed E-state index contributed by atoms with van der Waals surface area (Å²) in [6.45, 7) is 4.26. The van der Waals surface area contributed by atoms with Gasteiger partial charge < -0.3 is 0 Å². The Balaban J connectivity index is 1.82. The van der Waals surface area contributed by atoms with E-state index >= 15 is 0 Å². The lowest BCUT2D eigenvalue weighted by Crippen LogP contribution is -2.11. The Labute approximate surface area is 150 Å². The van der Waals surface area contributed by atoms with E-state index in [4.69, 9.17) is 0 Å². The predicted octanol–water partition coefficient (Wildman–Crippen LogP) is 4.08. The van der Waals surface area contributed by atoms with Gasteiger partial charge in [-0.2, -0.15) is 0 Å². The van der Waals surface area contributed by atoms with Gasteiger partial charge in [0.25, 0.3) is 5.91 Å². The van der Waals surface area contributed by atoms with E-state index in [2.05, 4.69) is 30.2 Å². The minimum absolute atomic E-state index is 0.185. The highest BCUT2D eigenvalue weighted by Crippen LogP contribution is 2.29. The molecule has 0 aliphatic rings. The number of rotatable bonds is 4. The van der Waals surface area contributed by atoms with Crippen molar-refractivity contribution in [3.8, 4) is 0 Å². The molecular formula is C18H18N2O3S2. The first kappa shape index (κ1) is 17.6. The van der Waals surface area contributed by atoms with Crippen molar-refractivity contribution in [2.24, 2.45) is 0 Å². The average Bonchev–Trinajstić information content (AvgIpc) is 2.95. The van der Waals surface area contributed by atoms with E-state index in [9.17, 15) is 13.2 Å². The Morgan fingerprint density at radius 2 is 1.80 bits per heavy atom. The molecule has 5 nitrogen and oxygen atoms in total. The molecule has 25 heavy (non-hydrogen) atoms. The van der Waals surface area contributed by atoms with Gasteiger partial charge in [-0.15, -0.1) is 0 Å². The van der Waals surface area contributed by atoms with Gasteiger partial charge in [-0.1, -0.05) is 31.3 Å². The Morgan fingerprint density at radius 3 is 2.40 bits per heavy atom. The topological polar surface area (TPSA) is 76.1 Å². The zero-order valence-corrected chi connectivity index (χ0v) is 15.7. The first-order valence-electron chi connectivity index (χ1n) is 7.76. The fraction of sp³-hybridized carbons (Fsp3) is 0.222. The van der Waals surface area contributed by atoms with Crippen LogP contribution in [-0.4, -0.2) is 25.6 Å². The van der Waals surface area contributed by atoms with Gasteiger partial charge in [0.1, 0.15) is 0 Å². The van der Waals surface area contributed by atoms with Crippen LogP contribution in [0.5, 0.6) is 0 Å². The fourth-order valence-corrected chi connectivity index (χ4v) is 3.92. The third kappa shape index (κ3) is 3.88. The Kier molecular flexibility index (Phi) is 4.62. The Bertz CT molecular complexity index is 1040. The highest BCUT2D eigenvalue weighted by atomic mass is 32.2. The molecule has 0 bridgehead atoms. The van der Waals surface area contributed by atoms with Gasteiger partial charge in [-0.05, 0) is 47.9 Å². The highest BCUT2D eigenvalue weighted by Gasteiger charge is 2.13. The second-order valence-electron chi connectivity index (χ2n) is 6.15. The predicted molar refractivity (Wildman–Crippen MR) is 101 cm³/mol. The van der Waals surface area contributed by atoms with E-state index < -0.39 is 9.84 Å². The van der Waals surface area contributed by atoms with Crippen LogP contribution in [0.1, 0.15) is 35.7 Å². The molecule has 3 aromatic rings. The summed E-state index contributed by atoms with van der Waals surface area (Å²) in [4.78, 5) is 16.9. The Morgan fingerprint density at radius 1 is 1.12 bits per heavy atom. The summed E-state index contributed by atoms with van der Waals surface area (Å²) in [6.07, 6.45) is 1.13. The lowest BCUT2D eigenvalue weighted by Gasteiger charge is -2.03. The van der Waals surface area contributed by atoms with Crippen molar-refractivity contribution in [1.82, 2.24) is 4.98 Å². The van der Waals surface area contributed by atoms with Crippen LogP contribution in [0, 0.1) is 0 Å². The number of hydrogen-bond acceptors (Lipinski definition) is 5. The number of carbonyl (C=O) groups excluding carboxylic acids is 1. The van der Waals surface area contributed by atoms with Gasteiger partial charge in [-0.25, -0.2) is 13.4 Å². The van der Waals surface area contributed by atoms with Gasteiger partial charge in [-0.3, -0.25) is 10.1 Å². The van der Waals surface area contributed by atoms with Crippen molar-refractivity contribution in [3.63, 3.8) is 0 Å². The summed E-state index contributed by atoms with van der Waals surface area (Å²) in [5.74, 6) is 0.112. The number of aromatic nitrogens is 1. The quantitative estimate of drug-likeness (QED) is 0.747. The monoisotopic (exact) mass is 374 g/mol. The first-order valence-corrected chi connectivity index (χ1v) is 10.5. The summed E-state index contributed by atoms with van der Waals surface area (Å²) in [7, 11) is -3.27. The standard InChI is InChI=1S/C18H18N2O3S2/c1-11(2)13-6-9-15-16(10-13)24-18(19-15)20-17(21)12-4-7-14(8-5-12)25(3,22)23/h4-11H,1-3H3,(H,19,20,21). The lowest BCUT2D eigenvalue weighted by atomic mass is 10.0. The molecule has 0 atom stereocenters. The number of hydrogen-bond donors (Lipinski definition) is 1. The summed E-state index contributed by atoms with van der Waals surface area (Å²) in [5.41, 5.74) is 2.46. The summed E-state index contributed by atoms with van der Waals surface area (Å²) < 4.78 is 24.0. The molecule has 0 spiro atoms. The number of nitrogens with one attached hydrogen (secondary N) is 1. The maximum atomic E-state index is 12.3. The first-order chi connectivity index (χ1) is 11.7. The molecule has 0 saturated carbocycles. The molecule has 0 unspecified atom stereocenters.